The van der Waals surface area contributed by atoms with Crippen LogP contribution in [0, 0.1) is 0 Å². The van der Waals surface area contributed by atoms with E-state index in [4.69, 9.17) is 14.7 Å². The molecular weight excluding hydrogens is 522 g/mol. The van der Waals surface area contributed by atoms with Crippen LogP contribution in [-0.2, 0) is 19.5 Å². The van der Waals surface area contributed by atoms with Crippen LogP contribution in [0.3, 0.4) is 0 Å². The molecule has 0 spiro atoms. The molecule has 0 unspecified atom stereocenters. The molecule has 3 aromatic carbocycles. The Labute approximate surface area is 204 Å². The summed E-state index contributed by atoms with van der Waals surface area (Å²) in [7, 11) is -4.70. The Morgan fingerprint density at radius 3 is 2.53 bits per heavy atom. The van der Waals surface area contributed by atoms with E-state index in [1.54, 1.807) is 0 Å². The average Bonchev–Trinajstić information content (AvgIpc) is 2.81. The number of fused-ring (bicyclic) bond motifs is 1. The lowest BCUT2D eigenvalue weighted by Crippen LogP contribution is -2.14. The van der Waals surface area contributed by atoms with Crippen molar-refractivity contribution in [2.24, 2.45) is 0 Å². The van der Waals surface area contributed by atoms with Gasteiger partial charge in [0.25, 0.3) is 10.1 Å². The zero-order chi connectivity index (χ0) is 25.9. The van der Waals surface area contributed by atoms with Crippen LogP contribution in [0.25, 0.3) is 10.8 Å². The molecule has 0 bridgehead atoms. The molecule has 0 aliphatic heterocycles. The minimum Gasteiger partial charge on any atom is -0.478 e. The van der Waals surface area contributed by atoms with Crippen LogP contribution in [-0.4, -0.2) is 44.3 Å². The first kappa shape index (κ1) is 25.0. The zero-order valence-electron chi connectivity index (χ0n) is 17.5. The predicted octanol–water partition coefficient (Wildman–Crippen LogP) is 3.28. The first-order chi connectivity index (χ1) is 17.1. The summed E-state index contributed by atoms with van der Waals surface area (Å²) >= 11 is 0.493. The van der Waals surface area contributed by atoms with Crippen LogP contribution in [0.5, 0.6) is 23.5 Å². The summed E-state index contributed by atoms with van der Waals surface area (Å²) in [5.41, 5.74) is -1.11. The van der Waals surface area contributed by atoms with Crippen molar-refractivity contribution in [1.82, 2.24) is 15.0 Å². The van der Waals surface area contributed by atoms with Gasteiger partial charge in [0.15, 0.2) is 0 Å². The van der Waals surface area contributed by atoms with E-state index < -0.39 is 38.7 Å². The molecule has 4 aromatic rings. The number of carboxylic acids is 1. The second-order valence-electron chi connectivity index (χ2n) is 6.75. The summed E-state index contributed by atoms with van der Waals surface area (Å²) in [6, 6.07) is 11.4. The molecule has 1 aromatic heterocycles. The second kappa shape index (κ2) is 10.3. The van der Waals surface area contributed by atoms with Gasteiger partial charge in [0.2, 0.25) is 0 Å². The van der Waals surface area contributed by atoms with Crippen molar-refractivity contribution >= 4 is 38.9 Å². The number of hydrogen-bond acceptors (Lipinski definition) is 12. The SMILES string of the molecule is O=C(O)c1ccccc1Oc1nc(Oc2ccc3cc(SOOO)cc(S(=O)(=O)O)c3c2)[nH]c(=O)n1. The third-order valence-electron chi connectivity index (χ3n) is 4.44. The Hall–Kier alpha value is -4.06. The van der Waals surface area contributed by atoms with Gasteiger partial charge in [-0.1, -0.05) is 23.2 Å². The maximum atomic E-state index is 12.0. The van der Waals surface area contributed by atoms with Crippen LogP contribution >= 0.6 is 12.0 Å². The van der Waals surface area contributed by atoms with E-state index in [1.165, 1.54) is 48.5 Å². The van der Waals surface area contributed by atoms with Gasteiger partial charge < -0.3 is 14.6 Å². The molecule has 36 heavy (non-hydrogen) atoms. The standard InChI is InChI=1S/C20H13N3O11S2/c24-17(25)13-3-1-2-4-15(13)32-20-22-18(26)21-19(23-20)31-11-6-5-10-7-12(35-34-33-27)9-16(14(10)8-11)36(28,29)30/h1-9,27H,(H,24,25)(H,28,29,30)(H,21,22,23,26). The van der Waals surface area contributed by atoms with Gasteiger partial charge >= 0.3 is 23.7 Å². The van der Waals surface area contributed by atoms with Crippen molar-refractivity contribution in [3.8, 4) is 23.5 Å². The fourth-order valence-corrected chi connectivity index (χ4v) is 4.29. The fourth-order valence-electron chi connectivity index (χ4n) is 3.04. The number of carbonyl (C=O) groups is 1. The van der Waals surface area contributed by atoms with Crippen LogP contribution in [0.2, 0.25) is 0 Å². The largest absolute Gasteiger partial charge is 0.478 e. The number of aromatic nitrogens is 3. The van der Waals surface area contributed by atoms with E-state index in [1.807, 2.05) is 0 Å². The molecule has 0 fully saturated rings. The van der Waals surface area contributed by atoms with Gasteiger partial charge in [-0.2, -0.15) is 8.42 Å². The maximum absolute atomic E-state index is 12.0. The number of H-pyrrole nitrogens is 1. The smallest absolute Gasteiger partial charge is 0.353 e. The van der Waals surface area contributed by atoms with Gasteiger partial charge in [-0.05, 0) is 41.8 Å². The lowest BCUT2D eigenvalue weighted by Gasteiger charge is -2.10. The molecule has 0 aliphatic carbocycles. The quantitative estimate of drug-likeness (QED) is 0.105. The lowest BCUT2D eigenvalue weighted by atomic mass is 10.1. The van der Waals surface area contributed by atoms with Crippen molar-refractivity contribution in [3.05, 3.63) is 70.6 Å². The summed E-state index contributed by atoms with van der Waals surface area (Å²) in [5.74, 6) is -1.38. The van der Waals surface area contributed by atoms with Crippen molar-refractivity contribution in [1.29, 1.82) is 0 Å². The molecule has 16 heteroatoms. The summed E-state index contributed by atoms with van der Waals surface area (Å²) in [4.78, 5) is 32.7. The number of ether oxygens (including phenoxy) is 2. The number of aromatic amines is 1. The highest BCUT2D eigenvalue weighted by Gasteiger charge is 2.18. The van der Waals surface area contributed by atoms with E-state index >= 15 is 0 Å². The van der Waals surface area contributed by atoms with E-state index in [9.17, 15) is 27.7 Å². The maximum Gasteiger partial charge on any atom is 0.353 e. The van der Waals surface area contributed by atoms with Crippen molar-refractivity contribution in [2.45, 2.75) is 9.79 Å². The Balaban J connectivity index is 1.69. The minimum absolute atomic E-state index is 0.00832. The van der Waals surface area contributed by atoms with Gasteiger partial charge in [-0.3, -0.25) is 9.54 Å². The monoisotopic (exact) mass is 535 g/mol. The van der Waals surface area contributed by atoms with E-state index in [-0.39, 0.29) is 27.3 Å². The van der Waals surface area contributed by atoms with Crippen LogP contribution in [0.4, 0.5) is 0 Å². The van der Waals surface area contributed by atoms with Gasteiger partial charge in [0, 0.05) is 10.3 Å². The number of aromatic carboxylic acids is 1. The average molecular weight is 535 g/mol. The predicted molar refractivity (Wildman–Crippen MR) is 121 cm³/mol. The normalized spacial score (nSPS) is 11.4. The second-order valence-corrected chi connectivity index (χ2v) is 8.92. The molecule has 0 radical (unpaired) electrons. The fraction of sp³-hybridized carbons (Fsp3) is 0. The molecule has 4 N–H and O–H groups in total. The molecular formula is C20H13N3O11S2. The van der Waals surface area contributed by atoms with Crippen molar-refractivity contribution < 1.29 is 47.0 Å². The Morgan fingerprint density at radius 1 is 1.03 bits per heavy atom. The molecule has 0 amide bonds. The number of rotatable bonds is 9. The topological polar surface area (TPSA) is 207 Å². The first-order valence-electron chi connectivity index (χ1n) is 9.50. The van der Waals surface area contributed by atoms with Gasteiger partial charge in [0.05, 0.1) is 12.0 Å². The highest BCUT2D eigenvalue weighted by Crippen LogP contribution is 2.33. The molecule has 0 saturated carbocycles. The summed E-state index contributed by atoms with van der Waals surface area (Å²) in [6.45, 7) is 0. The highest BCUT2D eigenvalue weighted by atomic mass is 32.2. The molecule has 0 saturated heterocycles. The molecule has 186 valence electrons. The molecule has 14 nitrogen and oxygen atoms in total. The first-order valence-corrected chi connectivity index (χ1v) is 11.7. The highest BCUT2D eigenvalue weighted by molar-refractivity contribution is 7.94. The minimum atomic E-state index is -4.70. The summed E-state index contributed by atoms with van der Waals surface area (Å²) in [5, 5.41) is 21.5. The third-order valence-corrected chi connectivity index (χ3v) is 5.89. The Morgan fingerprint density at radius 2 is 1.81 bits per heavy atom. The van der Waals surface area contributed by atoms with Gasteiger partial charge in [0.1, 0.15) is 22.0 Å². The van der Waals surface area contributed by atoms with Crippen LogP contribution in [0.15, 0.2) is 69.2 Å². The number of benzene rings is 3. The van der Waals surface area contributed by atoms with Crippen molar-refractivity contribution in [2.75, 3.05) is 0 Å². The van der Waals surface area contributed by atoms with E-state index in [2.05, 4.69) is 24.3 Å². The van der Waals surface area contributed by atoms with Crippen LogP contribution in [0.1, 0.15) is 10.4 Å². The number of nitrogens with zero attached hydrogens (tertiary/aromatic N) is 2. The summed E-state index contributed by atoms with van der Waals surface area (Å²) in [6.07, 6.45) is 0. The lowest BCUT2D eigenvalue weighted by molar-refractivity contribution is -0.432. The molecule has 1 heterocycles. The molecule has 0 atom stereocenters. The van der Waals surface area contributed by atoms with Gasteiger partial charge in [-0.15, -0.1) is 14.3 Å². The van der Waals surface area contributed by atoms with E-state index in [0.717, 1.165) is 6.07 Å². The zero-order valence-corrected chi connectivity index (χ0v) is 19.1. The number of nitrogens with one attached hydrogen (secondary N) is 1. The van der Waals surface area contributed by atoms with E-state index in [0.29, 0.717) is 17.4 Å². The Kier molecular flexibility index (Phi) is 7.15. The number of hydrogen-bond donors (Lipinski definition) is 4. The van der Waals surface area contributed by atoms with Crippen molar-refractivity contribution in [3.63, 3.8) is 0 Å². The number of carboxylic acid groups (broad SMARTS) is 1. The van der Waals surface area contributed by atoms with Crippen LogP contribution < -0.4 is 15.2 Å². The number of para-hydroxylation sites is 1. The Bertz CT molecular complexity index is 1620. The van der Waals surface area contributed by atoms with Gasteiger partial charge in [-0.25, -0.2) is 14.8 Å². The third kappa shape index (κ3) is 5.77. The molecule has 0 aliphatic rings. The summed E-state index contributed by atoms with van der Waals surface area (Å²) < 4.78 is 48.7. The molecule has 4 rings (SSSR count).